The van der Waals surface area contributed by atoms with Gasteiger partial charge in [-0.25, -0.2) is 4.98 Å². The summed E-state index contributed by atoms with van der Waals surface area (Å²) in [7, 11) is 3.19. The van der Waals surface area contributed by atoms with Crippen LogP contribution in [0.4, 0.5) is 5.13 Å². The van der Waals surface area contributed by atoms with Crippen molar-refractivity contribution in [2.75, 3.05) is 25.4 Å². The van der Waals surface area contributed by atoms with E-state index in [9.17, 15) is 4.79 Å². The summed E-state index contributed by atoms with van der Waals surface area (Å²) in [6, 6.07) is 11.0. The minimum Gasteiger partial charge on any atom is -0.495 e. The van der Waals surface area contributed by atoms with E-state index in [1.165, 1.54) is 23.1 Å². The third-order valence-electron chi connectivity index (χ3n) is 3.40. The smallest absolute Gasteiger partial charge is 0.248 e. The molecule has 0 saturated carbocycles. The average molecular weight is 410 g/mol. The third-order valence-corrected chi connectivity index (χ3v) is 5.65. The molecular weight excluding hydrogens is 394 g/mol. The molecule has 0 aliphatic heterocycles. The fourth-order valence-corrected chi connectivity index (χ4v) is 3.93. The molecule has 0 bridgehead atoms. The van der Waals surface area contributed by atoms with Gasteiger partial charge in [-0.15, -0.1) is 11.8 Å². The van der Waals surface area contributed by atoms with Crippen LogP contribution < -0.4 is 20.3 Å². The zero-order valence-electron chi connectivity index (χ0n) is 14.0. The molecule has 136 valence electrons. The number of carbonyl (C=O) groups excluding carboxylic acids is 1. The van der Waals surface area contributed by atoms with Crippen molar-refractivity contribution in [3.8, 4) is 11.5 Å². The molecule has 1 heterocycles. The number of carbonyl (C=O) groups is 1. The number of hydrogen-bond donors (Lipinski definition) is 2. The average Bonchev–Trinajstić information content (AvgIpc) is 3.09. The number of nitrogens with zero attached hydrogens (tertiary/aromatic N) is 1. The lowest BCUT2D eigenvalue weighted by Crippen LogP contribution is -2.30. The standard InChI is InChI=1S/C17H16ClN3O3S2/c1-23-12-7-8-13(24-2)16-15(12)19-17(26-16)21-20-14(22)9-25-11-5-3-10(18)4-6-11/h3-8H,9H2,1-2H3,(H,19,21)(H,20,22). The zero-order chi connectivity index (χ0) is 18.5. The van der Waals surface area contributed by atoms with Crippen LogP contribution in [0.25, 0.3) is 10.2 Å². The number of halogens is 1. The molecular formula is C17H16ClN3O3S2. The summed E-state index contributed by atoms with van der Waals surface area (Å²) in [4.78, 5) is 17.5. The number of benzene rings is 2. The minimum atomic E-state index is -0.164. The number of thioether (sulfide) groups is 1. The molecule has 26 heavy (non-hydrogen) atoms. The second kappa shape index (κ2) is 8.48. The maximum absolute atomic E-state index is 12.0. The van der Waals surface area contributed by atoms with Crippen molar-refractivity contribution in [3.05, 3.63) is 41.4 Å². The van der Waals surface area contributed by atoms with Crippen molar-refractivity contribution >= 4 is 56.0 Å². The van der Waals surface area contributed by atoms with Gasteiger partial charge in [0.1, 0.15) is 21.7 Å². The Labute approximate surface area is 163 Å². The van der Waals surface area contributed by atoms with Gasteiger partial charge in [0, 0.05) is 9.92 Å². The van der Waals surface area contributed by atoms with Crippen LogP contribution in [0.1, 0.15) is 0 Å². The zero-order valence-corrected chi connectivity index (χ0v) is 16.4. The molecule has 0 aliphatic rings. The summed E-state index contributed by atoms with van der Waals surface area (Å²) in [5, 5.41) is 1.22. The Balaban J connectivity index is 1.62. The maximum Gasteiger partial charge on any atom is 0.248 e. The fourth-order valence-electron chi connectivity index (χ4n) is 2.18. The van der Waals surface area contributed by atoms with E-state index < -0.39 is 0 Å². The van der Waals surface area contributed by atoms with Gasteiger partial charge in [-0.3, -0.25) is 15.6 Å². The normalized spacial score (nSPS) is 10.6. The first-order valence-corrected chi connectivity index (χ1v) is 9.73. The van der Waals surface area contributed by atoms with E-state index in [0.717, 1.165) is 9.60 Å². The molecule has 3 aromatic rings. The second-order valence-electron chi connectivity index (χ2n) is 5.08. The highest BCUT2D eigenvalue weighted by Gasteiger charge is 2.14. The van der Waals surface area contributed by atoms with E-state index in [-0.39, 0.29) is 11.7 Å². The van der Waals surface area contributed by atoms with Gasteiger partial charge in [0.15, 0.2) is 0 Å². The van der Waals surface area contributed by atoms with Crippen molar-refractivity contribution < 1.29 is 14.3 Å². The highest BCUT2D eigenvalue weighted by atomic mass is 35.5. The Bertz CT molecular complexity index is 875. The number of thiazole rings is 1. The molecule has 2 aromatic carbocycles. The van der Waals surface area contributed by atoms with Gasteiger partial charge in [-0.1, -0.05) is 22.9 Å². The van der Waals surface area contributed by atoms with Gasteiger partial charge in [-0.05, 0) is 36.4 Å². The quantitative estimate of drug-likeness (QED) is 0.450. The molecule has 0 fully saturated rings. The largest absolute Gasteiger partial charge is 0.495 e. The van der Waals surface area contributed by atoms with Crippen LogP contribution in [0.3, 0.4) is 0 Å². The number of methoxy groups -OCH3 is 2. The van der Waals surface area contributed by atoms with Crippen LogP contribution in [0, 0.1) is 0 Å². The van der Waals surface area contributed by atoms with Crippen LogP contribution in [0.2, 0.25) is 5.02 Å². The number of aromatic nitrogens is 1. The molecule has 0 aliphatic carbocycles. The van der Waals surface area contributed by atoms with E-state index in [1.807, 2.05) is 18.2 Å². The third kappa shape index (κ3) is 4.32. The summed E-state index contributed by atoms with van der Waals surface area (Å²) < 4.78 is 11.5. The molecule has 6 nitrogen and oxygen atoms in total. The molecule has 0 atom stereocenters. The number of nitrogens with one attached hydrogen (secondary N) is 2. The van der Waals surface area contributed by atoms with E-state index in [1.54, 1.807) is 32.4 Å². The molecule has 0 radical (unpaired) electrons. The lowest BCUT2D eigenvalue weighted by molar-refractivity contribution is -0.118. The highest BCUT2D eigenvalue weighted by Crippen LogP contribution is 2.38. The van der Waals surface area contributed by atoms with E-state index >= 15 is 0 Å². The first-order valence-electron chi connectivity index (χ1n) is 7.55. The molecule has 9 heteroatoms. The van der Waals surface area contributed by atoms with Gasteiger partial charge in [0.25, 0.3) is 0 Å². The number of anilines is 1. The van der Waals surface area contributed by atoms with Gasteiger partial charge < -0.3 is 9.47 Å². The van der Waals surface area contributed by atoms with Crippen LogP contribution in [0.5, 0.6) is 11.5 Å². The molecule has 2 N–H and O–H groups in total. The SMILES string of the molecule is COc1ccc(OC)c2sc(NNC(=O)CSc3ccc(Cl)cc3)nc12. The minimum absolute atomic E-state index is 0.164. The van der Waals surface area contributed by atoms with Gasteiger partial charge >= 0.3 is 0 Å². The van der Waals surface area contributed by atoms with E-state index in [2.05, 4.69) is 15.8 Å². The van der Waals surface area contributed by atoms with E-state index in [4.69, 9.17) is 21.1 Å². The lowest BCUT2D eigenvalue weighted by atomic mass is 10.3. The Morgan fingerprint density at radius 3 is 2.54 bits per heavy atom. The number of amides is 1. The monoisotopic (exact) mass is 409 g/mol. The van der Waals surface area contributed by atoms with Crippen LogP contribution in [-0.2, 0) is 4.79 Å². The van der Waals surface area contributed by atoms with Crippen molar-refractivity contribution in [3.63, 3.8) is 0 Å². The Morgan fingerprint density at radius 1 is 1.15 bits per heavy atom. The van der Waals surface area contributed by atoms with Crippen molar-refractivity contribution in [2.24, 2.45) is 0 Å². The van der Waals surface area contributed by atoms with Crippen LogP contribution in [0.15, 0.2) is 41.3 Å². The lowest BCUT2D eigenvalue weighted by Gasteiger charge is -2.05. The van der Waals surface area contributed by atoms with Gasteiger partial charge in [0.05, 0.1) is 20.0 Å². The summed E-state index contributed by atoms with van der Waals surface area (Å²) >= 11 is 8.64. The Hall–Kier alpha value is -2.16. The molecule has 1 amide bonds. The maximum atomic E-state index is 12.0. The summed E-state index contributed by atoms with van der Waals surface area (Å²) in [6.07, 6.45) is 0. The molecule has 1 aromatic heterocycles. The Morgan fingerprint density at radius 2 is 1.85 bits per heavy atom. The first kappa shape index (κ1) is 18.6. The molecule has 0 unspecified atom stereocenters. The number of hydrazine groups is 1. The fraction of sp³-hybridized carbons (Fsp3) is 0.176. The van der Waals surface area contributed by atoms with Gasteiger partial charge in [-0.2, -0.15) is 0 Å². The predicted octanol–water partition coefficient (Wildman–Crippen LogP) is 4.20. The number of hydrogen-bond acceptors (Lipinski definition) is 7. The van der Waals surface area contributed by atoms with Crippen molar-refractivity contribution in [1.29, 1.82) is 0 Å². The van der Waals surface area contributed by atoms with Crippen molar-refractivity contribution in [2.45, 2.75) is 4.90 Å². The molecule has 0 spiro atoms. The topological polar surface area (TPSA) is 72.5 Å². The summed E-state index contributed by atoms with van der Waals surface area (Å²) in [6.45, 7) is 0. The second-order valence-corrected chi connectivity index (χ2v) is 7.57. The first-order chi connectivity index (χ1) is 12.6. The highest BCUT2D eigenvalue weighted by molar-refractivity contribution is 8.00. The number of fused-ring (bicyclic) bond motifs is 1. The predicted molar refractivity (Wildman–Crippen MR) is 107 cm³/mol. The number of rotatable bonds is 7. The Kier molecular flexibility index (Phi) is 6.08. The summed E-state index contributed by atoms with van der Waals surface area (Å²) in [5.41, 5.74) is 6.18. The van der Waals surface area contributed by atoms with Crippen molar-refractivity contribution in [1.82, 2.24) is 10.4 Å². The molecule has 0 saturated heterocycles. The van der Waals surface area contributed by atoms with Gasteiger partial charge in [0.2, 0.25) is 11.0 Å². The molecule has 3 rings (SSSR count). The summed E-state index contributed by atoms with van der Waals surface area (Å²) in [5.74, 6) is 1.46. The number of ether oxygens (including phenoxy) is 2. The van der Waals surface area contributed by atoms with E-state index in [0.29, 0.717) is 27.2 Å². The van der Waals surface area contributed by atoms with Crippen LogP contribution in [-0.4, -0.2) is 30.9 Å². The van der Waals surface area contributed by atoms with Crippen LogP contribution >= 0.6 is 34.7 Å².